The first-order chi connectivity index (χ1) is 10.7. The molecule has 22 heavy (non-hydrogen) atoms. The van der Waals surface area contributed by atoms with Crippen molar-refractivity contribution in [1.29, 1.82) is 0 Å². The van der Waals surface area contributed by atoms with Crippen LogP contribution in [-0.2, 0) is 4.79 Å². The molecule has 1 atom stereocenters. The number of carbonyl (C=O) groups excluding carboxylic acids is 1. The molecule has 1 amide bonds. The predicted octanol–water partition coefficient (Wildman–Crippen LogP) is 4.05. The fourth-order valence-corrected chi connectivity index (χ4v) is 2.62. The minimum atomic E-state index is -0.0306. The molecule has 1 unspecified atom stereocenters. The Morgan fingerprint density at radius 1 is 1.05 bits per heavy atom. The number of hydrogen-bond donors (Lipinski definition) is 0. The van der Waals surface area contributed by atoms with E-state index in [0.29, 0.717) is 0 Å². The third-order valence-corrected chi connectivity index (χ3v) is 3.71. The number of carbonyl (C=O) groups is 1. The summed E-state index contributed by atoms with van der Waals surface area (Å²) in [6.07, 6.45) is 4.77. The first-order valence-electron chi connectivity index (χ1n) is 7.39. The summed E-state index contributed by atoms with van der Waals surface area (Å²) >= 11 is 0. The van der Waals surface area contributed by atoms with E-state index < -0.39 is 0 Å². The number of hydrogen-bond acceptors (Lipinski definition) is 2. The van der Waals surface area contributed by atoms with Gasteiger partial charge in [-0.2, -0.15) is 5.10 Å². The standard InChI is InChI=1S/C19H18N2O/c1-15(22)21-19(17-10-6-3-7-11-17)14-18(20-21)13-12-16-8-4-2-5-9-16/h2-13,19H,14H2,1H3/b13-12+. The molecule has 3 heteroatoms. The number of hydrazone groups is 1. The van der Waals surface area contributed by atoms with Crippen LogP contribution in [-0.4, -0.2) is 16.6 Å². The molecule has 0 spiro atoms. The molecule has 3 nitrogen and oxygen atoms in total. The van der Waals surface area contributed by atoms with E-state index in [1.807, 2.05) is 72.8 Å². The minimum absolute atomic E-state index is 0.00544. The largest absolute Gasteiger partial charge is 0.273 e. The molecule has 0 aliphatic carbocycles. The zero-order valence-electron chi connectivity index (χ0n) is 12.5. The molecule has 3 rings (SSSR count). The topological polar surface area (TPSA) is 32.7 Å². The quantitative estimate of drug-likeness (QED) is 0.839. The van der Waals surface area contributed by atoms with Gasteiger partial charge in [-0.05, 0) is 17.2 Å². The average Bonchev–Trinajstić information content (AvgIpc) is 2.99. The molecule has 1 heterocycles. The van der Waals surface area contributed by atoms with Crippen molar-refractivity contribution >= 4 is 17.7 Å². The van der Waals surface area contributed by atoms with Crippen molar-refractivity contribution in [3.8, 4) is 0 Å². The smallest absolute Gasteiger partial charge is 0.240 e. The molecule has 1 aliphatic rings. The van der Waals surface area contributed by atoms with Crippen LogP contribution in [0.5, 0.6) is 0 Å². The maximum atomic E-state index is 11.8. The van der Waals surface area contributed by atoms with Gasteiger partial charge in [-0.3, -0.25) is 4.79 Å². The van der Waals surface area contributed by atoms with Crippen LogP contribution in [0.15, 0.2) is 71.8 Å². The van der Waals surface area contributed by atoms with E-state index in [1.54, 1.807) is 11.9 Å². The van der Waals surface area contributed by atoms with Crippen LogP contribution < -0.4 is 0 Å². The molecule has 1 aliphatic heterocycles. The van der Waals surface area contributed by atoms with E-state index in [4.69, 9.17) is 0 Å². The van der Waals surface area contributed by atoms with Crippen LogP contribution in [0, 0.1) is 0 Å². The van der Waals surface area contributed by atoms with Gasteiger partial charge in [0, 0.05) is 13.3 Å². The van der Waals surface area contributed by atoms with E-state index >= 15 is 0 Å². The van der Waals surface area contributed by atoms with Crippen molar-refractivity contribution in [3.05, 3.63) is 77.9 Å². The Morgan fingerprint density at radius 2 is 1.68 bits per heavy atom. The highest BCUT2D eigenvalue weighted by Gasteiger charge is 2.29. The van der Waals surface area contributed by atoms with E-state index in [2.05, 4.69) is 5.10 Å². The SMILES string of the molecule is CC(=O)N1N=C(/C=C/c2ccccc2)CC1c1ccccc1. The van der Waals surface area contributed by atoms with E-state index in [9.17, 15) is 4.79 Å². The number of nitrogens with zero attached hydrogens (tertiary/aromatic N) is 2. The van der Waals surface area contributed by atoms with E-state index in [1.165, 1.54) is 0 Å². The average molecular weight is 290 g/mol. The van der Waals surface area contributed by atoms with Crippen LogP contribution in [0.25, 0.3) is 6.08 Å². The molecule has 2 aromatic carbocycles. The van der Waals surface area contributed by atoms with Crippen LogP contribution in [0.3, 0.4) is 0 Å². The minimum Gasteiger partial charge on any atom is -0.273 e. The Hall–Kier alpha value is -2.68. The van der Waals surface area contributed by atoms with Gasteiger partial charge in [-0.1, -0.05) is 66.7 Å². The van der Waals surface area contributed by atoms with Gasteiger partial charge in [0.2, 0.25) is 5.91 Å². The van der Waals surface area contributed by atoms with Gasteiger partial charge < -0.3 is 0 Å². The van der Waals surface area contributed by atoms with Crippen LogP contribution in [0.1, 0.15) is 30.5 Å². The van der Waals surface area contributed by atoms with Gasteiger partial charge in [0.1, 0.15) is 0 Å². The predicted molar refractivity (Wildman–Crippen MR) is 89.2 cm³/mol. The lowest BCUT2D eigenvalue weighted by atomic mass is 10.0. The van der Waals surface area contributed by atoms with Gasteiger partial charge in [-0.25, -0.2) is 5.01 Å². The molecule has 0 radical (unpaired) electrons. The molecule has 0 fully saturated rings. The second kappa shape index (κ2) is 6.39. The summed E-state index contributed by atoms with van der Waals surface area (Å²) in [5.74, 6) is -0.0306. The van der Waals surface area contributed by atoms with Gasteiger partial charge in [0.05, 0.1) is 11.8 Å². The summed E-state index contributed by atoms with van der Waals surface area (Å²) in [5.41, 5.74) is 3.17. The summed E-state index contributed by atoms with van der Waals surface area (Å²) in [5, 5.41) is 6.06. The summed E-state index contributed by atoms with van der Waals surface area (Å²) in [4.78, 5) is 11.8. The van der Waals surface area contributed by atoms with E-state index in [0.717, 1.165) is 23.3 Å². The second-order valence-corrected chi connectivity index (χ2v) is 5.33. The van der Waals surface area contributed by atoms with Crippen molar-refractivity contribution < 1.29 is 4.79 Å². The Balaban J connectivity index is 1.81. The van der Waals surface area contributed by atoms with Crippen molar-refractivity contribution in [2.24, 2.45) is 5.10 Å². The Kier molecular flexibility index (Phi) is 4.15. The molecule has 0 saturated heterocycles. The van der Waals surface area contributed by atoms with Gasteiger partial charge in [-0.15, -0.1) is 0 Å². The number of allylic oxidation sites excluding steroid dienone is 1. The summed E-state index contributed by atoms with van der Waals surface area (Å²) < 4.78 is 0. The molecule has 0 N–H and O–H groups in total. The highest BCUT2D eigenvalue weighted by Crippen LogP contribution is 2.31. The van der Waals surface area contributed by atoms with E-state index in [-0.39, 0.29) is 11.9 Å². The first-order valence-corrected chi connectivity index (χ1v) is 7.39. The second-order valence-electron chi connectivity index (χ2n) is 5.33. The monoisotopic (exact) mass is 290 g/mol. The molecule has 0 aromatic heterocycles. The fourth-order valence-electron chi connectivity index (χ4n) is 2.62. The van der Waals surface area contributed by atoms with Gasteiger partial charge in [0.25, 0.3) is 0 Å². The maximum Gasteiger partial charge on any atom is 0.240 e. The third-order valence-electron chi connectivity index (χ3n) is 3.71. The first kappa shape index (κ1) is 14.3. The van der Waals surface area contributed by atoms with Gasteiger partial charge >= 0.3 is 0 Å². The van der Waals surface area contributed by atoms with Crippen molar-refractivity contribution in [2.75, 3.05) is 0 Å². The third kappa shape index (κ3) is 3.14. The van der Waals surface area contributed by atoms with Gasteiger partial charge in [0.15, 0.2) is 0 Å². The molecule has 2 aromatic rings. The lowest BCUT2D eigenvalue weighted by Crippen LogP contribution is -2.24. The highest BCUT2D eigenvalue weighted by molar-refractivity contribution is 6.00. The zero-order chi connectivity index (χ0) is 15.4. The number of amides is 1. The van der Waals surface area contributed by atoms with Crippen LogP contribution in [0.4, 0.5) is 0 Å². The zero-order valence-corrected chi connectivity index (χ0v) is 12.5. The lowest BCUT2D eigenvalue weighted by Gasteiger charge is -2.20. The Labute approximate surface area is 130 Å². The summed E-state index contributed by atoms with van der Waals surface area (Å²) in [7, 11) is 0. The van der Waals surface area contributed by atoms with Crippen LogP contribution >= 0.6 is 0 Å². The summed E-state index contributed by atoms with van der Waals surface area (Å²) in [6.45, 7) is 1.56. The fraction of sp³-hybridized carbons (Fsp3) is 0.158. The molecular formula is C19H18N2O. The van der Waals surface area contributed by atoms with Crippen molar-refractivity contribution in [3.63, 3.8) is 0 Å². The Morgan fingerprint density at radius 3 is 2.32 bits per heavy atom. The number of rotatable bonds is 3. The molecule has 0 bridgehead atoms. The van der Waals surface area contributed by atoms with Crippen LogP contribution in [0.2, 0.25) is 0 Å². The Bertz CT molecular complexity index is 705. The normalized spacial score (nSPS) is 17.8. The molecule has 110 valence electrons. The highest BCUT2D eigenvalue weighted by atomic mass is 16.2. The summed E-state index contributed by atoms with van der Waals surface area (Å²) in [6, 6.07) is 20.1. The van der Waals surface area contributed by atoms with Crippen molar-refractivity contribution in [1.82, 2.24) is 5.01 Å². The molecule has 0 saturated carbocycles. The number of benzene rings is 2. The lowest BCUT2D eigenvalue weighted by molar-refractivity contribution is -0.130. The maximum absolute atomic E-state index is 11.8. The molecular weight excluding hydrogens is 272 g/mol. The van der Waals surface area contributed by atoms with Crippen molar-refractivity contribution in [2.45, 2.75) is 19.4 Å².